The van der Waals surface area contributed by atoms with E-state index in [2.05, 4.69) is 0 Å². The van der Waals surface area contributed by atoms with E-state index in [0.29, 0.717) is 6.54 Å². The molecule has 2 amide bonds. The lowest BCUT2D eigenvalue weighted by Gasteiger charge is -2.31. The Kier molecular flexibility index (Phi) is 5.10. The summed E-state index contributed by atoms with van der Waals surface area (Å²) in [7, 11) is 0. The standard InChI is InChI=1S/C15H22N2O2/c1-10(2)12(4)17(15(19)14(16)18)9-13-8-6-5-7-11(13)3/h5-8,10,12H,9H2,1-4H3,(H2,16,18)/t12-/m1/s1. The summed E-state index contributed by atoms with van der Waals surface area (Å²) in [5.41, 5.74) is 7.27. The van der Waals surface area contributed by atoms with Gasteiger partial charge in [0.15, 0.2) is 0 Å². The minimum absolute atomic E-state index is 0.0420. The van der Waals surface area contributed by atoms with Crippen molar-refractivity contribution in [2.75, 3.05) is 0 Å². The summed E-state index contributed by atoms with van der Waals surface area (Å²) < 4.78 is 0. The largest absolute Gasteiger partial charge is 0.361 e. The molecule has 0 fully saturated rings. The number of benzene rings is 1. The number of rotatable bonds is 4. The van der Waals surface area contributed by atoms with Crippen LogP contribution in [0.25, 0.3) is 0 Å². The molecule has 4 nitrogen and oxygen atoms in total. The minimum Gasteiger partial charge on any atom is -0.361 e. The zero-order chi connectivity index (χ0) is 14.6. The summed E-state index contributed by atoms with van der Waals surface area (Å²) >= 11 is 0. The van der Waals surface area contributed by atoms with Gasteiger partial charge in [-0.25, -0.2) is 0 Å². The molecular formula is C15H22N2O2. The van der Waals surface area contributed by atoms with Gasteiger partial charge in [0.05, 0.1) is 0 Å². The van der Waals surface area contributed by atoms with Gasteiger partial charge < -0.3 is 10.6 Å². The molecule has 0 radical (unpaired) electrons. The highest BCUT2D eigenvalue weighted by atomic mass is 16.2. The third-order valence-electron chi connectivity index (χ3n) is 3.53. The number of hydrogen-bond acceptors (Lipinski definition) is 2. The number of carbonyl (C=O) groups excluding carboxylic acids is 2. The first-order valence-corrected chi connectivity index (χ1v) is 6.49. The molecule has 0 saturated carbocycles. The summed E-state index contributed by atoms with van der Waals surface area (Å²) in [5, 5.41) is 0. The Balaban J connectivity index is 3.02. The fourth-order valence-electron chi connectivity index (χ4n) is 1.87. The lowest BCUT2D eigenvalue weighted by atomic mass is 10.0. The van der Waals surface area contributed by atoms with Crippen LogP contribution in [-0.4, -0.2) is 22.8 Å². The van der Waals surface area contributed by atoms with E-state index in [1.165, 1.54) is 0 Å². The van der Waals surface area contributed by atoms with Gasteiger partial charge in [-0.15, -0.1) is 0 Å². The highest BCUT2D eigenvalue weighted by molar-refractivity contribution is 6.34. The lowest BCUT2D eigenvalue weighted by Crippen LogP contribution is -2.46. The molecule has 104 valence electrons. The molecular weight excluding hydrogens is 240 g/mol. The maximum Gasteiger partial charge on any atom is 0.312 e. The van der Waals surface area contributed by atoms with E-state index in [9.17, 15) is 9.59 Å². The van der Waals surface area contributed by atoms with Crippen molar-refractivity contribution in [3.63, 3.8) is 0 Å². The van der Waals surface area contributed by atoms with Crippen molar-refractivity contribution in [2.24, 2.45) is 11.7 Å². The molecule has 1 atom stereocenters. The fraction of sp³-hybridized carbons (Fsp3) is 0.467. The van der Waals surface area contributed by atoms with Gasteiger partial charge in [0.2, 0.25) is 0 Å². The highest BCUT2D eigenvalue weighted by Gasteiger charge is 2.26. The first-order valence-electron chi connectivity index (χ1n) is 6.49. The molecule has 19 heavy (non-hydrogen) atoms. The predicted octanol–water partition coefficient (Wildman–Crippen LogP) is 1.85. The van der Waals surface area contributed by atoms with E-state index < -0.39 is 11.8 Å². The van der Waals surface area contributed by atoms with Crippen molar-refractivity contribution < 1.29 is 9.59 Å². The first kappa shape index (κ1) is 15.2. The van der Waals surface area contributed by atoms with Gasteiger partial charge in [-0.1, -0.05) is 38.1 Å². The maximum atomic E-state index is 12.0. The number of hydrogen-bond donors (Lipinski definition) is 1. The lowest BCUT2D eigenvalue weighted by molar-refractivity contribution is -0.146. The molecule has 1 aromatic carbocycles. The molecule has 0 aliphatic rings. The molecule has 1 rings (SSSR count). The van der Waals surface area contributed by atoms with Crippen LogP contribution in [0.4, 0.5) is 0 Å². The van der Waals surface area contributed by atoms with Crippen molar-refractivity contribution in [3.05, 3.63) is 35.4 Å². The van der Waals surface area contributed by atoms with Crippen LogP contribution < -0.4 is 5.73 Å². The van der Waals surface area contributed by atoms with Gasteiger partial charge in [-0.3, -0.25) is 9.59 Å². The highest BCUT2D eigenvalue weighted by Crippen LogP contribution is 2.17. The molecule has 0 spiro atoms. The van der Waals surface area contributed by atoms with E-state index in [0.717, 1.165) is 11.1 Å². The SMILES string of the molecule is Cc1ccccc1CN(C(=O)C(N)=O)[C@H](C)C(C)C. The Bertz CT molecular complexity index is 469. The molecule has 0 heterocycles. The van der Waals surface area contributed by atoms with Gasteiger partial charge in [0.1, 0.15) is 0 Å². The Morgan fingerprint density at radius 2 is 1.79 bits per heavy atom. The summed E-state index contributed by atoms with van der Waals surface area (Å²) in [4.78, 5) is 24.7. The van der Waals surface area contributed by atoms with Crippen molar-refractivity contribution in [1.29, 1.82) is 0 Å². The normalized spacial score (nSPS) is 12.3. The summed E-state index contributed by atoms with van der Waals surface area (Å²) in [6.07, 6.45) is 0. The number of primary amides is 1. The Morgan fingerprint density at radius 3 is 2.26 bits per heavy atom. The van der Waals surface area contributed by atoms with Crippen LogP contribution in [0.1, 0.15) is 31.9 Å². The van der Waals surface area contributed by atoms with Crippen LogP contribution in [0.3, 0.4) is 0 Å². The molecule has 0 unspecified atom stereocenters. The molecule has 4 heteroatoms. The predicted molar refractivity (Wildman–Crippen MR) is 75.2 cm³/mol. The van der Waals surface area contributed by atoms with E-state index in [1.807, 2.05) is 52.0 Å². The molecule has 1 aromatic rings. The van der Waals surface area contributed by atoms with Crippen molar-refractivity contribution in [1.82, 2.24) is 4.90 Å². The van der Waals surface area contributed by atoms with Gasteiger partial charge in [0, 0.05) is 12.6 Å². The topological polar surface area (TPSA) is 63.4 Å². The number of nitrogens with zero attached hydrogens (tertiary/aromatic N) is 1. The van der Waals surface area contributed by atoms with Gasteiger partial charge in [0.25, 0.3) is 0 Å². The van der Waals surface area contributed by atoms with Crippen molar-refractivity contribution in [3.8, 4) is 0 Å². The molecule has 0 bridgehead atoms. The van der Waals surface area contributed by atoms with E-state index in [1.54, 1.807) is 4.90 Å². The average Bonchev–Trinajstić information content (AvgIpc) is 2.36. The average molecular weight is 262 g/mol. The fourth-order valence-corrected chi connectivity index (χ4v) is 1.87. The van der Waals surface area contributed by atoms with E-state index in [-0.39, 0.29) is 12.0 Å². The molecule has 0 aliphatic heterocycles. The summed E-state index contributed by atoms with van der Waals surface area (Å²) in [6.45, 7) is 8.37. The second-order valence-corrected chi connectivity index (χ2v) is 5.21. The third-order valence-corrected chi connectivity index (χ3v) is 3.53. The number of nitrogens with two attached hydrogens (primary N) is 1. The Morgan fingerprint density at radius 1 is 1.21 bits per heavy atom. The molecule has 0 saturated heterocycles. The molecule has 0 aliphatic carbocycles. The minimum atomic E-state index is -0.902. The van der Waals surface area contributed by atoms with E-state index in [4.69, 9.17) is 5.73 Å². The Labute approximate surface area is 114 Å². The van der Waals surface area contributed by atoms with Crippen LogP contribution in [0, 0.1) is 12.8 Å². The van der Waals surface area contributed by atoms with E-state index >= 15 is 0 Å². The Hall–Kier alpha value is -1.84. The van der Waals surface area contributed by atoms with Crippen LogP contribution in [0.2, 0.25) is 0 Å². The summed E-state index contributed by atoms with van der Waals surface area (Å²) in [5.74, 6) is -1.27. The smallest absolute Gasteiger partial charge is 0.312 e. The zero-order valence-electron chi connectivity index (χ0n) is 12.0. The van der Waals surface area contributed by atoms with Crippen LogP contribution in [-0.2, 0) is 16.1 Å². The number of aryl methyl sites for hydroxylation is 1. The number of amides is 2. The van der Waals surface area contributed by atoms with Crippen LogP contribution in [0.15, 0.2) is 24.3 Å². The monoisotopic (exact) mass is 262 g/mol. The zero-order valence-corrected chi connectivity index (χ0v) is 12.0. The second-order valence-electron chi connectivity index (χ2n) is 5.21. The second kappa shape index (κ2) is 6.36. The maximum absolute atomic E-state index is 12.0. The van der Waals surface area contributed by atoms with Gasteiger partial charge in [-0.05, 0) is 30.9 Å². The van der Waals surface area contributed by atoms with Crippen LogP contribution in [0.5, 0.6) is 0 Å². The van der Waals surface area contributed by atoms with Crippen LogP contribution >= 0.6 is 0 Å². The molecule has 2 N–H and O–H groups in total. The van der Waals surface area contributed by atoms with Gasteiger partial charge in [-0.2, -0.15) is 0 Å². The molecule has 0 aromatic heterocycles. The third kappa shape index (κ3) is 3.81. The van der Waals surface area contributed by atoms with Crippen molar-refractivity contribution in [2.45, 2.75) is 40.3 Å². The number of carbonyl (C=O) groups is 2. The summed E-state index contributed by atoms with van der Waals surface area (Å²) in [6, 6.07) is 7.78. The quantitative estimate of drug-likeness (QED) is 0.842. The van der Waals surface area contributed by atoms with Gasteiger partial charge >= 0.3 is 11.8 Å². The first-order chi connectivity index (χ1) is 8.84. The van der Waals surface area contributed by atoms with Crippen molar-refractivity contribution >= 4 is 11.8 Å².